The number of piperidine rings is 1. The van der Waals surface area contributed by atoms with Crippen LogP contribution in [0.15, 0.2) is 36.5 Å². The monoisotopic (exact) mass is 394 g/mol. The molecular weight excluding hydrogens is 364 g/mol. The molecular formula is C22H30N6O. The molecule has 2 aromatic rings. The van der Waals surface area contributed by atoms with E-state index in [1.54, 1.807) is 0 Å². The van der Waals surface area contributed by atoms with Gasteiger partial charge in [0.05, 0.1) is 6.04 Å². The van der Waals surface area contributed by atoms with Crippen LogP contribution in [0.2, 0.25) is 0 Å². The van der Waals surface area contributed by atoms with Crippen molar-refractivity contribution in [2.24, 2.45) is 5.92 Å². The first-order valence-electron chi connectivity index (χ1n) is 10.3. The van der Waals surface area contributed by atoms with Gasteiger partial charge in [0, 0.05) is 65.3 Å². The number of hydrogen-bond acceptors (Lipinski definition) is 6. The van der Waals surface area contributed by atoms with Gasteiger partial charge in [0.15, 0.2) is 0 Å². The zero-order chi connectivity index (χ0) is 20.5. The smallest absolute Gasteiger partial charge is 0.254 e. The summed E-state index contributed by atoms with van der Waals surface area (Å²) >= 11 is 0. The van der Waals surface area contributed by atoms with Crippen molar-refractivity contribution >= 4 is 23.4 Å². The number of rotatable bonds is 4. The fourth-order valence-electron chi connectivity index (χ4n) is 4.40. The minimum absolute atomic E-state index is 0.131. The summed E-state index contributed by atoms with van der Waals surface area (Å²) in [6.07, 6.45) is 3.96. The number of carbonyl (C=O) groups is 1. The molecule has 1 aromatic heterocycles. The van der Waals surface area contributed by atoms with Gasteiger partial charge in [-0.1, -0.05) is 6.07 Å². The lowest BCUT2D eigenvalue weighted by molar-refractivity contribution is 0.0712. The van der Waals surface area contributed by atoms with E-state index in [2.05, 4.69) is 14.8 Å². The number of fused-ring (bicyclic) bond motifs is 1. The third kappa shape index (κ3) is 3.86. The number of nitrogens with zero attached hydrogens (tertiary/aromatic N) is 6. The lowest BCUT2D eigenvalue weighted by Gasteiger charge is -2.38. The minimum atomic E-state index is 0.131. The first kappa shape index (κ1) is 19.5. The predicted octanol–water partition coefficient (Wildman–Crippen LogP) is 2.35. The van der Waals surface area contributed by atoms with Crippen molar-refractivity contribution in [2.45, 2.75) is 18.9 Å². The molecule has 0 saturated carbocycles. The van der Waals surface area contributed by atoms with Gasteiger partial charge in [-0.3, -0.25) is 4.79 Å². The standard InChI is InChI=1S/C22H30N6O/c1-25(2)18-7-5-6-17(14-18)21(29)28-13-10-16-9-12-27(15-19(16)28)22-23-11-8-20(24-22)26(3)4/h5-8,11,14,16,19H,9-10,12-13,15H2,1-4H3. The van der Waals surface area contributed by atoms with Crippen LogP contribution in [0.25, 0.3) is 0 Å². The number of carbonyl (C=O) groups excluding carboxylic acids is 1. The Hall–Kier alpha value is -2.83. The molecule has 3 heterocycles. The SMILES string of the molecule is CN(C)c1cccc(C(=O)N2CCC3CCN(c4nccc(N(C)C)n4)CC32)c1. The second kappa shape index (κ2) is 7.89. The summed E-state index contributed by atoms with van der Waals surface area (Å²) in [5.74, 6) is 2.34. The Balaban J connectivity index is 1.53. The highest BCUT2D eigenvalue weighted by Gasteiger charge is 2.41. The Labute approximate surface area is 172 Å². The lowest BCUT2D eigenvalue weighted by Crippen LogP contribution is -2.50. The van der Waals surface area contributed by atoms with E-state index in [1.165, 1.54) is 0 Å². The molecule has 7 nitrogen and oxygen atoms in total. The van der Waals surface area contributed by atoms with Crippen LogP contribution in [0.1, 0.15) is 23.2 Å². The van der Waals surface area contributed by atoms with Crippen molar-refractivity contribution in [3.8, 4) is 0 Å². The lowest BCUT2D eigenvalue weighted by atomic mass is 9.92. The molecule has 0 bridgehead atoms. The quantitative estimate of drug-likeness (QED) is 0.794. The Morgan fingerprint density at radius 2 is 1.86 bits per heavy atom. The summed E-state index contributed by atoms with van der Waals surface area (Å²) < 4.78 is 0. The largest absolute Gasteiger partial charge is 0.378 e. The Kier molecular flexibility index (Phi) is 5.30. The van der Waals surface area contributed by atoms with Crippen LogP contribution in [0, 0.1) is 5.92 Å². The predicted molar refractivity (Wildman–Crippen MR) is 117 cm³/mol. The summed E-state index contributed by atoms with van der Waals surface area (Å²) in [4.78, 5) is 30.8. The van der Waals surface area contributed by atoms with E-state index in [0.29, 0.717) is 5.92 Å². The highest BCUT2D eigenvalue weighted by Crippen LogP contribution is 2.34. The summed E-state index contributed by atoms with van der Waals surface area (Å²) in [6.45, 7) is 2.56. The van der Waals surface area contributed by atoms with Gasteiger partial charge in [0.25, 0.3) is 5.91 Å². The average Bonchev–Trinajstić information content (AvgIpc) is 3.16. The van der Waals surface area contributed by atoms with Crippen LogP contribution in [-0.4, -0.2) is 74.6 Å². The van der Waals surface area contributed by atoms with E-state index in [0.717, 1.165) is 55.5 Å². The average molecular weight is 395 g/mol. The van der Waals surface area contributed by atoms with Gasteiger partial charge in [-0.25, -0.2) is 4.98 Å². The number of amides is 1. The maximum atomic E-state index is 13.3. The van der Waals surface area contributed by atoms with Crippen LogP contribution in [0.5, 0.6) is 0 Å². The zero-order valence-electron chi connectivity index (χ0n) is 17.7. The number of likely N-dealkylation sites (tertiary alicyclic amines) is 1. The van der Waals surface area contributed by atoms with Gasteiger partial charge in [0.2, 0.25) is 5.95 Å². The first-order chi connectivity index (χ1) is 13.9. The molecule has 0 spiro atoms. The summed E-state index contributed by atoms with van der Waals surface area (Å²) in [5, 5.41) is 0. The van der Waals surface area contributed by atoms with Gasteiger partial charge in [-0.2, -0.15) is 4.98 Å². The van der Waals surface area contributed by atoms with Crippen molar-refractivity contribution in [1.29, 1.82) is 0 Å². The molecule has 2 saturated heterocycles. The van der Waals surface area contributed by atoms with E-state index in [1.807, 2.05) is 74.5 Å². The molecule has 29 heavy (non-hydrogen) atoms. The molecule has 4 rings (SSSR count). The Bertz CT molecular complexity index is 883. The molecule has 2 atom stereocenters. The molecule has 2 aliphatic heterocycles. The van der Waals surface area contributed by atoms with Crippen molar-refractivity contribution in [3.63, 3.8) is 0 Å². The third-order valence-electron chi connectivity index (χ3n) is 6.10. The van der Waals surface area contributed by atoms with E-state index >= 15 is 0 Å². The molecule has 0 N–H and O–H groups in total. The summed E-state index contributed by atoms with van der Waals surface area (Å²) in [6, 6.07) is 10.0. The highest BCUT2D eigenvalue weighted by molar-refractivity contribution is 5.95. The van der Waals surface area contributed by atoms with Crippen molar-refractivity contribution in [3.05, 3.63) is 42.1 Å². The van der Waals surface area contributed by atoms with E-state index < -0.39 is 0 Å². The van der Waals surface area contributed by atoms with Gasteiger partial charge in [-0.05, 0) is 43.0 Å². The molecule has 2 aliphatic rings. The second-order valence-corrected chi connectivity index (χ2v) is 8.40. The fourth-order valence-corrected chi connectivity index (χ4v) is 4.40. The van der Waals surface area contributed by atoms with Crippen LogP contribution in [-0.2, 0) is 0 Å². The van der Waals surface area contributed by atoms with E-state index in [9.17, 15) is 4.79 Å². The van der Waals surface area contributed by atoms with Gasteiger partial charge in [0.1, 0.15) is 5.82 Å². The minimum Gasteiger partial charge on any atom is -0.378 e. The molecule has 1 aromatic carbocycles. The van der Waals surface area contributed by atoms with Crippen LogP contribution >= 0.6 is 0 Å². The van der Waals surface area contributed by atoms with E-state index in [4.69, 9.17) is 4.98 Å². The molecule has 1 amide bonds. The van der Waals surface area contributed by atoms with Crippen molar-refractivity contribution in [1.82, 2.24) is 14.9 Å². The van der Waals surface area contributed by atoms with Gasteiger partial charge < -0.3 is 19.6 Å². The number of hydrogen-bond donors (Lipinski definition) is 0. The zero-order valence-corrected chi connectivity index (χ0v) is 17.7. The van der Waals surface area contributed by atoms with Crippen LogP contribution in [0.3, 0.4) is 0 Å². The first-order valence-corrected chi connectivity index (χ1v) is 10.3. The third-order valence-corrected chi connectivity index (χ3v) is 6.10. The van der Waals surface area contributed by atoms with Crippen LogP contribution in [0.4, 0.5) is 17.5 Å². The number of benzene rings is 1. The molecule has 0 radical (unpaired) electrons. The number of aromatic nitrogens is 2. The topological polar surface area (TPSA) is 55.8 Å². The molecule has 2 fully saturated rings. The maximum Gasteiger partial charge on any atom is 0.254 e. The molecule has 154 valence electrons. The van der Waals surface area contributed by atoms with Crippen molar-refractivity contribution in [2.75, 3.05) is 62.5 Å². The summed E-state index contributed by atoms with van der Waals surface area (Å²) in [5.41, 5.74) is 1.81. The Morgan fingerprint density at radius 1 is 1.07 bits per heavy atom. The normalized spacial score (nSPS) is 21.1. The fraction of sp³-hybridized carbons (Fsp3) is 0.500. The molecule has 2 unspecified atom stereocenters. The molecule has 7 heteroatoms. The second-order valence-electron chi connectivity index (χ2n) is 8.40. The number of anilines is 3. The van der Waals surface area contributed by atoms with Crippen LogP contribution < -0.4 is 14.7 Å². The molecule has 0 aliphatic carbocycles. The maximum absolute atomic E-state index is 13.3. The van der Waals surface area contributed by atoms with E-state index in [-0.39, 0.29) is 11.9 Å². The summed E-state index contributed by atoms with van der Waals surface area (Å²) in [7, 11) is 7.96. The van der Waals surface area contributed by atoms with Gasteiger partial charge >= 0.3 is 0 Å². The Morgan fingerprint density at radius 3 is 2.62 bits per heavy atom. The highest BCUT2D eigenvalue weighted by atomic mass is 16.2. The van der Waals surface area contributed by atoms with Crippen molar-refractivity contribution < 1.29 is 4.79 Å². The van der Waals surface area contributed by atoms with Gasteiger partial charge in [-0.15, -0.1) is 0 Å².